The number of benzene rings is 1. The molecule has 1 atom stereocenters. The lowest BCUT2D eigenvalue weighted by atomic mass is 9.96. The number of hydrogen-bond acceptors (Lipinski definition) is 4. The number of carbonyl (C=O) groups excluding carboxylic acids is 1. The maximum atomic E-state index is 12.2. The Morgan fingerprint density at radius 2 is 2.00 bits per heavy atom. The van der Waals surface area contributed by atoms with Crippen LogP contribution in [-0.4, -0.2) is 44.7 Å². The molecule has 1 unspecified atom stereocenters. The van der Waals surface area contributed by atoms with E-state index in [1.807, 2.05) is 18.0 Å². The van der Waals surface area contributed by atoms with E-state index in [0.717, 1.165) is 38.0 Å². The quantitative estimate of drug-likeness (QED) is 0.792. The fourth-order valence-electron chi connectivity index (χ4n) is 2.94. The van der Waals surface area contributed by atoms with Gasteiger partial charge in [0.05, 0.1) is 17.2 Å². The van der Waals surface area contributed by atoms with E-state index < -0.39 is 6.04 Å². The lowest BCUT2D eigenvalue weighted by molar-refractivity contribution is -0.147. The molecule has 1 aromatic rings. The van der Waals surface area contributed by atoms with Gasteiger partial charge in [-0.25, -0.2) is 4.79 Å². The molecule has 130 valence electrons. The van der Waals surface area contributed by atoms with Gasteiger partial charge >= 0.3 is 5.97 Å². The second-order valence-corrected chi connectivity index (χ2v) is 6.55. The Bertz CT molecular complexity index is 522. The minimum absolute atomic E-state index is 0. The molecule has 0 spiro atoms. The van der Waals surface area contributed by atoms with E-state index in [9.17, 15) is 4.79 Å². The average Bonchev–Trinajstić information content (AvgIpc) is 2.51. The Kier molecular flexibility index (Phi) is 8.65. The van der Waals surface area contributed by atoms with Crippen LogP contribution in [0.3, 0.4) is 0 Å². The van der Waals surface area contributed by atoms with Gasteiger partial charge in [0.25, 0.3) is 0 Å². The summed E-state index contributed by atoms with van der Waals surface area (Å²) >= 11 is 12.1. The molecule has 0 radical (unpaired) electrons. The zero-order valence-electron chi connectivity index (χ0n) is 13.4. The molecular formula is C16H23Cl3N2O2. The molecule has 1 fully saturated rings. The van der Waals surface area contributed by atoms with Crippen molar-refractivity contribution >= 4 is 41.6 Å². The molecule has 7 heteroatoms. The number of nitrogens with zero attached hydrogens (tertiary/aromatic N) is 1. The van der Waals surface area contributed by atoms with Crippen molar-refractivity contribution in [3.8, 4) is 0 Å². The van der Waals surface area contributed by atoms with Crippen LogP contribution in [0, 0.1) is 5.92 Å². The molecule has 1 heterocycles. The molecule has 1 saturated heterocycles. The zero-order chi connectivity index (χ0) is 16.1. The molecule has 23 heavy (non-hydrogen) atoms. The van der Waals surface area contributed by atoms with Crippen molar-refractivity contribution < 1.29 is 9.53 Å². The highest BCUT2D eigenvalue weighted by molar-refractivity contribution is 6.42. The van der Waals surface area contributed by atoms with Crippen molar-refractivity contribution in [3.05, 3.63) is 33.8 Å². The summed E-state index contributed by atoms with van der Waals surface area (Å²) < 4.78 is 4.98. The average molecular weight is 382 g/mol. The van der Waals surface area contributed by atoms with Crippen molar-refractivity contribution in [1.29, 1.82) is 0 Å². The van der Waals surface area contributed by atoms with Crippen molar-refractivity contribution in [2.75, 3.05) is 33.8 Å². The number of methoxy groups -OCH3 is 1. The van der Waals surface area contributed by atoms with Gasteiger partial charge in [0.15, 0.2) is 0 Å². The van der Waals surface area contributed by atoms with Crippen LogP contribution in [0.4, 0.5) is 0 Å². The third-order valence-corrected chi connectivity index (χ3v) is 4.87. The van der Waals surface area contributed by atoms with Crippen LogP contribution in [0.5, 0.6) is 0 Å². The molecule has 0 saturated carbocycles. The lowest BCUT2D eigenvalue weighted by Crippen LogP contribution is -2.38. The maximum Gasteiger partial charge on any atom is 0.327 e. The maximum absolute atomic E-state index is 12.2. The molecule has 1 aromatic carbocycles. The summed E-state index contributed by atoms with van der Waals surface area (Å²) in [6.07, 6.45) is 2.25. The molecule has 1 aliphatic heterocycles. The van der Waals surface area contributed by atoms with E-state index in [-0.39, 0.29) is 18.4 Å². The number of likely N-dealkylation sites (N-methyl/N-ethyl adjacent to an activating group) is 1. The van der Waals surface area contributed by atoms with E-state index >= 15 is 0 Å². The van der Waals surface area contributed by atoms with E-state index in [4.69, 9.17) is 27.9 Å². The molecule has 0 aromatic heterocycles. The van der Waals surface area contributed by atoms with Gasteiger partial charge in [-0.1, -0.05) is 29.3 Å². The molecule has 0 bridgehead atoms. The second-order valence-electron chi connectivity index (χ2n) is 5.73. The highest BCUT2D eigenvalue weighted by Crippen LogP contribution is 2.29. The van der Waals surface area contributed by atoms with Crippen LogP contribution in [0.1, 0.15) is 24.4 Å². The van der Waals surface area contributed by atoms with Crippen LogP contribution in [0.2, 0.25) is 10.0 Å². The van der Waals surface area contributed by atoms with Gasteiger partial charge in [0.2, 0.25) is 0 Å². The first kappa shape index (κ1) is 20.5. The standard InChI is InChI=1S/C16H22Cl2N2O2.ClH/c1-20(10-11-5-7-19-8-6-11)15(16(21)22-2)12-3-4-13(17)14(18)9-12;/h3-4,9,11,15,19H,5-8,10H2,1-2H3;1H. The van der Waals surface area contributed by atoms with Crippen LogP contribution in [-0.2, 0) is 9.53 Å². The van der Waals surface area contributed by atoms with Gasteiger partial charge in [-0.3, -0.25) is 4.90 Å². The molecule has 2 rings (SSSR count). The van der Waals surface area contributed by atoms with Crippen LogP contribution < -0.4 is 5.32 Å². The molecule has 0 aliphatic carbocycles. The van der Waals surface area contributed by atoms with E-state index in [2.05, 4.69) is 5.32 Å². The second kappa shape index (κ2) is 9.70. The molecular weight excluding hydrogens is 359 g/mol. The summed E-state index contributed by atoms with van der Waals surface area (Å²) in [5, 5.41) is 4.28. The number of hydrogen-bond donors (Lipinski definition) is 1. The molecule has 0 amide bonds. The zero-order valence-corrected chi connectivity index (χ0v) is 15.7. The summed E-state index contributed by atoms with van der Waals surface area (Å²) in [7, 11) is 3.36. The Morgan fingerprint density at radius 3 is 2.57 bits per heavy atom. The van der Waals surface area contributed by atoms with Crippen molar-refractivity contribution in [2.45, 2.75) is 18.9 Å². The van der Waals surface area contributed by atoms with Crippen molar-refractivity contribution in [2.24, 2.45) is 5.92 Å². The van der Waals surface area contributed by atoms with E-state index in [1.165, 1.54) is 7.11 Å². The monoisotopic (exact) mass is 380 g/mol. The third-order valence-electron chi connectivity index (χ3n) is 4.13. The van der Waals surface area contributed by atoms with Crippen molar-refractivity contribution in [3.63, 3.8) is 0 Å². The first-order chi connectivity index (χ1) is 10.5. The Hall–Kier alpha value is -0.520. The van der Waals surface area contributed by atoms with Crippen molar-refractivity contribution in [1.82, 2.24) is 10.2 Å². The minimum Gasteiger partial charge on any atom is -0.468 e. The molecule has 1 N–H and O–H groups in total. The highest BCUT2D eigenvalue weighted by Gasteiger charge is 2.28. The van der Waals surface area contributed by atoms with Crippen LogP contribution >= 0.6 is 35.6 Å². The molecule has 1 aliphatic rings. The SMILES string of the molecule is COC(=O)C(c1ccc(Cl)c(Cl)c1)N(C)CC1CCNCC1.Cl. The number of carbonyl (C=O) groups is 1. The topological polar surface area (TPSA) is 41.6 Å². The van der Waals surface area contributed by atoms with Gasteiger partial charge in [-0.15, -0.1) is 12.4 Å². The number of piperidine rings is 1. The van der Waals surface area contributed by atoms with Crippen LogP contribution in [0.25, 0.3) is 0 Å². The third kappa shape index (κ3) is 5.50. The van der Waals surface area contributed by atoms with Crippen LogP contribution in [0.15, 0.2) is 18.2 Å². The predicted octanol–water partition coefficient (Wildman–Crippen LogP) is 3.56. The number of nitrogens with one attached hydrogen (secondary N) is 1. The summed E-state index contributed by atoms with van der Waals surface area (Å²) in [5.41, 5.74) is 0.803. The normalized spacial score (nSPS) is 16.7. The first-order valence-corrected chi connectivity index (χ1v) is 8.22. The minimum atomic E-state index is -0.463. The highest BCUT2D eigenvalue weighted by atomic mass is 35.5. The van der Waals surface area contributed by atoms with Gasteiger partial charge < -0.3 is 10.1 Å². The Labute approximate surface area is 153 Å². The largest absolute Gasteiger partial charge is 0.468 e. The fourth-order valence-corrected chi connectivity index (χ4v) is 3.25. The van der Waals surface area contributed by atoms with Gasteiger partial charge in [-0.2, -0.15) is 0 Å². The first-order valence-electron chi connectivity index (χ1n) is 7.46. The van der Waals surface area contributed by atoms with E-state index in [0.29, 0.717) is 16.0 Å². The summed E-state index contributed by atoms with van der Waals surface area (Å²) in [4.78, 5) is 14.3. The number of esters is 1. The number of rotatable bonds is 5. The van der Waals surface area contributed by atoms with Gasteiger partial charge in [0, 0.05) is 6.54 Å². The number of ether oxygens (including phenoxy) is 1. The van der Waals surface area contributed by atoms with Gasteiger partial charge in [-0.05, 0) is 56.6 Å². The predicted molar refractivity (Wildman–Crippen MR) is 96.7 cm³/mol. The Balaban J connectivity index is 0.00000264. The number of halogens is 3. The van der Waals surface area contributed by atoms with Gasteiger partial charge in [0.1, 0.15) is 6.04 Å². The van der Waals surface area contributed by atoms with E-state index in [1.54, 1.807) is 12.1 Å². The fraction of sp³-hybridized carbons (Fsp3) is 0.562. The lowest BCUT2D eigenvalue weighted by Gasteiger charge is -2.32. The Morgan fingerprint density at radius 1 is 1.35 bits per heavy atom. The summed E-state index contributed by atoms with van der Waals surface area (Å²) in [6.45, 7) is 2.92. The summed E-state index contributed by atoms with van der Waals surface area (Å²) in [6, 6.07) is 4.82. The molecule has 4 nitrogen and oxygen atoms in total. The summed E-state index contributed by atoms with van der Waals surface area (Å²) in [5.74, 6) is 0.302. The smallest absolute Gasteiger partial charge is 0.327 e.